The highest BCUT2D eigenvalue weighted by Crippen LogP contribution is 0.887. The van der Waals surface area contributed by atoms with E-state index in [2.05, 4.69) is 0 Å². The van der Waals surface area contributed by atoms with Gasteiger partial charge < -0.3 is 0 Å². The van der Waals surface area contributed by atoms with E-state index in [9.17, 15) is 0 Å². The first kappa shape index (κ1) is 155000. The summed E-state index contributed by atoms with van der Waals surface area (Å²) >= 11 is 0. The Bertz CT molecular complexity index is 61.1. The number of rotatable bonds is 0. The zero-order chi connectivity index (χ0) is 0. The van der Waals surface area contributed by atoms with Crippen molar-refractivity contribution < 1.29 is 15.1 Å². The average molecular weight is 1320 g/mol. The van der Waals surface area contributed by atoms with Crippen molar-refractivity contribution in [3.63, 3.8) is 0 Å². The predicted octanol–water partition coefficient (Wildman–Crippen LogP) is 41.2. The standard InChI is InChI=1S/62CH4.2B.2FH.2HI.4H2/h62*1H4;;;8*1H/i;;;;;;;;;;;;;;;;;;;;;;;;;;;;;;;;;;;;;;;;;;;;;;;;;;;;;;;;;;;;;;;;;;;;2*1+1;;. The molecule has 0 aliphatic heterocycles. The van der Waals surface area contributed by atoms with Crippen LogP contribution in [-0.4, -0.2) is 16.8 Å². The third-order valence-electron chi connectivity index (χ3n) is 0. The van der Waals surface area contributed by atoms with Crippen LogP contribution in [0.2, 0.25) is 0 Å². The Morgan fingerprint density at radius 1 is 0.0882 bits per heavy atom. The van der Waals surface area contributed by atoms with Crippen molar-refractivity contribution in [1.29, 1.82) is 0 Å². The molecule has 0 fully saturated rings. The first-order valence-corrected chi connectivity index (χ1v) is 0. The summed E-state index contributed by atoms with van der Waals surface area (Å²) in [5.74, 6) is 0. The van der Waals surface area contributed by atoms with Crippen LogP contribution in [0.3, 0.4) is 0 Å². The highest BCUT2D eigenvalue weighted by Gasteiger charge is 0.00698. The van der Waals surface area contributed by atoms with Gasteiger partial charge in [-0.3, -0.25) is 9.41 Å². The minimum Gasteiger partial charge on any atom is -0.269 e. The number of hydrogen-bond acceptors (Lipinski definition) is 0. The van der Waals surface area contributed by atoms with Crippen molar-refractivity contribution in [3.05, 3.63) is 0 Å². The van der Waals surface area contributed by atoms with E-state index in [1.54, 1.807) is 0 Å². The van der Waals surface area contributed by atoms with E-state index in [-0.39, 0.29) is 540 Å². The fraction of sp³-hybridized carbons (Fsp3) is 1.00. The minimum atomic E-state index is 0. The Balaban J connectivity index is 0. The highest BCUT2D eigenvalue weighted by molar-refractivity contribution is 14.0. The van der Waals surface area contributed by atoms with Gasteiger partial charge in [0.15, 0.2) is 0 Å². The molecule has 0 saturated carbocycles. The van der Waals surface area contributed by atoms with Gasteiger partial charge in [0.05, 0.1) is 0 Å². The molecule has 0 saturated heterocycles. The third kappa shape index (κ3) is 142000. The van der Waals surface area contributed by atoms with Crippen LogP contribution in [0.4, 0.5) is 9.41 Å². The lowest BCUT2D eigenvalue weighted by Gasteiger charge is -0.270. The second-order valence-corrected chi connectivity index (χ2v) is 0. The second kappa shape index (κ2) is 148000. The van der Waals surface area contributed by atoms with Crippen LogP contribution in [0.1, 0.15) is 466 Å². The quantitative estimate of drug-likeness (QED) is 0.168. The first-order chi connectivity index (χ1) is 0. The summed E-state index contributed by atoms with van der Waals surface area (Å²) in [6.45, 7) is 0. The summed E-state index contributed by atoms with van der Waals surface area (Å²) in [4.78, 5) is 0. The molecule has 6 heteroatoms. The molecule has 0 N–H and O–H groups in total. The number of hydrogen-bond donors (Lipinski definition) is 0. The van der Waals surface area contributed by atoms with Crippen LogP contribution in [0, 0.1) is 0 Å². The van der Waals surface area contributed by atoms with E-state index < -0.39 is 0 Å². The molecule has 0 nitrogen and oxygen atoms in total. The monoisotopic (exact) mass is 1320 g/mol. The van der Waals surface area contributed by atoms with E-state index in [1.807, 2.05) is 0 Å². The second-order valence-electron chi connectivity index (χ2n) is 0. The largest absolute Gasteiger partial charge is 0.269 e. The lowest BCUT2D eigenvalue weighted by molar-refractivity contribution is 1.11. The number of halogens is 4. The van der Waals surface area contributed by atoms with Crippen molar-refractivity contribution in [3.8, 4) is 0 Å². The Morgan fingerprint density at radius 2 is 0.0882 bits per heavy atom. The summed E-state index contributed by atoms with van der Waals surface area (Å²) in [5.41, 5.74) is 0. The molecular formula is C62H260B2F2I2. The SMILES string of the molecule is C.C.C.C.C.C.C.C.C.C.C.C.C.C.C.C.C.C.C.C.C.C.C.C.C.C.C.C.C.C.C.C.C.C.C.C.C.C.C.C.C.C.C.C.C.C.C.C.C.C.C.C.C.C.C.C.C.C.C.C.C.C.F.F.I.I.[2HH].[2HH].[B].[B].[HH].[HH]. The normalized spacial score (nSPS) is 0. The Kier molecular flexibility index (Phi) is 337000000. The van der Waals surface area contributed by atoms with Gasteiger partial charge in [0.1, 0.15) is 0 Å². The lowest BCUT2D eigenvalue weighted by Crippen LogP contribution is -0.382. The molecule has 0 spiro atoms. The van der Waals surface area contributed by atoms with Crippen LogP contribution < -0.4 is 0 Å². The fourth-order valence-electron chi connectivity index (χ4n) is 0. The van der Waals surface area contributed by atoms with E-state index in [0.29, 0.717) is 0 Å². The van der Waals surface area contributed by atoms with Crippen molar-refractivity contribution in [1.82, 2.24) is 0 Å². The molecule has 68 heavy (non-hydrogen) atoms. The zero-order valence-electron chi connectivity index (χ0n) is 2.79. The predicted molar refractivity (Wildman–Crippen MR) is 473 cm³/mol. The lowest BCUT2D eigenvalue weighted by atomic mass is 10.8. The first-order valence-electron chi connectivity index (χ1n) is 0. The molecular weight excluding hydrogens is 1060 g/mol. The molecule has 542 valence electrons. The van der Waals surface area contributed by atoms with Crippen molar-refractivity contribution >= 4 is 64.8 Å². The molecule has 0 unspecified atom stereocenters. The van der Waals surface area contributed by atoms with Gasteiger partial charge in [-0.25, -0.2) is 0 Å². The van der Waals surface area contributed by atoms with E-state index in [1.165, 1.54) is 0 Å². The van der Waals surface area contributed by atoms with Gasteiger partial charge in [-0.05, 0) is 0 Å². The van der Waals surface area contributed by atoms with Crippen molar-refractivity contribution in [2.24, 2.45) is 0 Å². The summed E-state index contributed by atoms with van der Waals surface area (Å²) in [5, 5.41) is 0. The van der Waals surface area contributed by atoms with Crippen LogP contribution in [-0.2, 0) is 0 Å². The van der Waals surface area contributed by atoms with Crippen LogP contribution in [0.5, 0.6) is 0 Å². The molecule has 0 atom stereocenters. The molecule has 0 aliphatic carbocycles. The van der Waals surface area contributed by atoms with Gasteiger partial charge in [0.25, 0.3) is 0 Å². The maximum absolute atomic E-state index is 0. The molecule has 6 radical (unpaired) electrons. The summed E-state index contributed by atoms with van der Waals surface area (Å²) < 4.78 is 0. The Hall–Kier alpha value is 1.45. The topological polar surface area (TPSA) is 0 Å². The van der Waals surface area contributed by atoms with Gasteiger partial charge in [-0.15, -0.1) is 48.0 Å². The molecule has 0 bridgehead atoms. The van der Waals surface area contributed by atoms with E-state index in [4.69, 9.17) is 0 Å². The molecule has 0 heterocycles. The third-order valence-corrected chi connectivity index (χ3v) is 0. The van der Waals surface area contributed by atoms with Crippen LogP contribution >= 0.6 is 48.0 Å². The minimum absolute atomic E-state index is 0. The van der Waals surface area contributed by atoms with Crippen molar-refractivity contribution in [2.45, 2.75) is 460 Å². The molecule has 0 rings (SSSR count). The van der Waals surface area contributed by atoms with E-state index >= 15 is 0 Å². The Labute approximate surface area is 537 Å². The van der Waals surface area contributed by atoms with E-state index in [0.717, 1.165) is 0 Å². The van der Waals surface area contributed by atoms with Gasteiger partial charge in [-0.1, -0.05) is 460 Å². The maximum Gasteiger partial charge on any atom is 0 e. The van der Waals surface area contributed by atoms with Gasteiger partial charge in [0, 0.05) is 22.5 Å². The van der Waals surface area contributed by atoms with Crippen LogP contribution in [0.15, 0.2) is 0 Å². The van der Waals surface area contributed by atoms with Gasteiger partial charge in [-0.2, -0.15) is 0 Å². The molecule has 0 aromatic rings. The smallest absolute Gasteiger partial charge is 0 e. The summed E-state index contributed by atoms with van der Waals surface area (Å²) in [6.07, 6.45) is 0. The van der Waals surface area contributed by atoms with Crippen molar-refractivity contribution in [2.75, 3.05) is 0 Å². The molecule has 0 aromatic carbocycles. The van der Waals surface area contributed by atoms with Gasteiger partial charge >= 0.3 is 0 Å². The Morgan fingerprint density at radius 3 is 0.0882 bits per heavy atom. The zero-order valence-corrected chi connectivity index (χ0v) is 7.45. The average Bonchev–Trinajstić information content (AvgIpc) is 0. The molecule has 0 aromatic heterocycles. The molecule has 0 aliphatic rings. The van der Waals surface area contributed by atoms with Gasteiger partial charge in [0.2, 0.25) is 0 Å². The highest BCUT2D eigenvalue weighted by atomic mass is 127. The molecule has 0 amide bonds. The summed E-state index contributed by atoms with van der Waals surface area (Å²) in [6, 6.07) is 0. The summed E-state index contributed by atoms with van der Waals surface area (Å²) in [7, 11) is 0. The maximum atomic E-state index is 0. The van der Waals surface area contributed by atoms with Crippen LogP contribution in [0.25, 0.3) is 0 Å². The fourth-order valence-corrected chi connectivity index (χ4v) is 0.